The number of anilines is 1. The van der Waals surface area contributed by atoms with Crippen molar-refractivity contribution >= 4 is 26.7 Å². The van der Waals surface area contributed by atoms with Gasteiger partial charge < -0.3 is 5.32 Å². The molecule has 1 heterocycles. The van der Waals surface area contributed by atoms with E-state index in [2.05, 4.69) is 44.3 Å². The lowest BCUT2D eigenvalue weighted by Gasteiger charge is -2.34. The van der Waals surface area contributed by atoms with Crippen LogP contribution in [0.4, 0.5) is 5.13 Å². The van der Waals surface area contributed by atoms with Crippen molar-refractivity contribution < 1.29 is 0 Å². The predicted molar refractivity (Wildman–Crippen MR) is 88.6 cm³/mol. The fourth-order valence-corrected chi connectivity index (χ4v) is 4.30. The van der Waals surface area contributed by atoms with Crippen LogP contribution in [0.15, 0.2) is 18.2 Å². The SMILES string of the molecule is Cc1ccc2sc(NC3CCCCC3C(C)C)nc2c1. The molecule has 2 atom stereocenters. The smallest absolute Gasteiger partial charge is 0.184 e. The maximum Gasteiger partial charge on any atom is 0.184 e. The molecule has 0 aliphatic heterocycles. The standard InChI is InChI=1S/C17H24N2S/c1-11(2)13-6-4-5-7-14(13)18-17-19-15-10-12(3)8-9-16(15)20-17/h8-11,13-14H,4-7H2,1-3H3,(H,18,19). The fraction of sp³-hybridized carbons (Fsp3) is 0.588. The lowest BCUT2D eigenvalue weighted by atomic mass is 9.78. The Morgan fingerprint density at radius 3 is 2.85 bits per heavy atom. The number of thiazole rings is 1. The number of hydrogen-bond donors (Lipinski definition) is 1. The number of hydrogen-bond acceptors (Lipinski definition) is 3. The average Bonchev–Trinajstić information content (AvgIpc) is 2.80. The minimum atomic E-state index is 0.602. The minimum absolute atomic E-state index is 0.602. The van der Waals surface area contributed by atoms with E-state index in [-0.39, 0.29) is 0 Å². The summed E-state index contributed by atoms with van der Waals surface area (Å²) < 4.78 is 1.29. The maximum absolute atomic E-state index is 4.77. The van der Waals surface area contributed by atoms with Crippen molar-refractivity contribution in [2.24, 2.45) is 11.8 Å². The van der Waals surface area contributed by atoms with Gasteiger partial charge >= 0.3 is 0 Å². The van der Waals surface area contributed by atoms with Crippen molar-refractivity contribution in [1.82, 2.24) is 4.98 Å². The molecule has 2 aromatic rings. The first kappa shape index (κ1) is 13.9. The van der Waals surface area contributed by atoms with Crippen molar-refractivity contribution in [2.75, 3.05) is 5.32 Å². The Morgan fingerprint density at radius 2 is 2.05 bits per heavy atom. The van der Waals surface area contributed by atoms with E-state index in [0.717, 1.165) is 22.5 Å². The second-order valence-corrected chi connectivity index (χ2v) is 7.46. The van der Waals surface area contributed by atoms with Gasteiger partial charge in [0, 0.05) is 6.04 Å². The van der Waals surface area contributed by atoms with E-state index in [1.54, 1.807) is 11.3 Å². The first-order chi connectivity index (χ1) is 9.63. The van der Waals surface area contributed by atoms with E-state index < -0.39 is 0 Å². The van der Waals surface area contributed by atoms with Gasteiger partial charge in [0.05, 0.1) is 10.2 Å². The Bertz CT molecular complexity index is 588. The van der Waals surface area contributed by atoms with Gasteiger partial charge in [-0.3, -0.25) is 0 Å². The Balaban J connectivity index is 1.80. The van der Waals surface area contributed by atoms with Gasteiger partial charge in [-0.1, -0.05) is 44.1 Å². The molecule has 1 aliphatic rings. The number of aryl methyl sites for hydroxylation is 1. The van der Waals surface area contributed by atoms with Crippen LogP contribution >= 0.6 is 11.3 Å². The van der Waals surface area contributed by atoms with Gasteiger partial charge in [-0.25, -0.2) is 4.98 Å². The molecule has 20 heavy (non-hydrogen) atoms. The molecule has 2 nitrogen and oxygen atoms in total. The van der Waals surface area contributed by atoms with Crippen LogP contribution in [0.3, 0.4) is 0 Å². The van der Waals surface area contributed by atoms with Gasteiger partial charge in [0.25, 0.3) is 0 Å². The molecular weight excluding hydrogens is 264 g/mol. The van der Waals surface area contributed by atoms with Gasteiger partial charge in [-0.05, 0) is 49.3 Å². The Labute approximate surface area is 125 Å². The Morgan fingerprint density at radius 1 is 1.25 bits per heavy atom. The topological polar surface area (TPSA) is 24.9 Å². The average molecular weight is 288 g/mol. The molecule has 2 unspecified atom stereocenters. The quantitative estimate of drug-likeness (QED) is 0.836. The molecule has 0 radical (unpaired) electrons. The number of aromatic nitrogens is 1. The summed E-state index contributed by atoms with van der Waals surface area (Å²) in [6.45, 7) is 6.83. The Kier molecular flexibility index (Phi) is 3.97. The lowest BCUT2D eigenvalue weighted by Crippen LogP contribution is -2.35. The van der Waals surface area contributed by atoms with Crippen LogP contribution in [-0.2, 0) is 0 Å². The summed E-state index contributed by atoms with van der Waals surface area (Å²) in [5.74, 6) is 1.54. The number of nitrogens with zero attached hydrogens (tertiary/aromatic N) is 1. The Hall–Kier alpha value is -1.09. The van der Waals surface area contributed by atoms with Crippen molar-refractivity contribution in [3.8, 4) is 0 Å². The third-order valence-corrected chi connectivity index (χ3v) is 5.50. The van der Waals surface area contributed by atoms with Crippen LogP contribution in [0.25, 0.3) is 10.2 Å². The summed E-state index contributed by atoms with van der Waals surface area (Å²) in [4.78, 5) is 4.77. The van der Waals surface area contributed by atoms with Crippen molar-refractivity contribution in [1.29, 1.82) is 0 Å². The van der Waals surface area contributed by atoms with E-state index in [9.17, 15) is 0 Å². The molecule has 1 fully saturated rings. The third kappa shape index (κ3) is 2.83. The molecule has 1 aromatic heterocycles. The monoisotopic (exact) mass is 288 g/mol. The largest absolute Gasteiger partial charge is 0.358 e. The molecule has 0 spiro atoms. The molecule has 3 heteroatoms. The van der Waals surface area contributed by atoms with E-state index >= 15 is 0 Å². The second-order valence-electron chi connectivity index (χ2n) is 6.43. The molecule has 108 valence electrons. The highest BCUT2D eigenvalue weighted by Crippen LogP contribution is 2.34. The molecule has 0 amide bonds. The van der Waals surface area contributed by atoms with E-state index in [1.807, 2.05) is 0 Å². The highest BCUT2D eigenvalue weighted by Gasteiger charge is 2.27. The summed E-state index contributed by atoms with van der Waals surface area (Å²) >= 11 is 1.79. The lowest BCUT2D eigenvalue weighted by molar-refractivity contribution is 0.254. The van der Waals surface area contributed by atoms with Crippen LogP contribution < -0.4 is 5.32 Å². The van der Waals surface area contributed by atoms with E-state index in [0.29, 0.717) is 6.04 Å². The van der Waals surface area contributed by atoms with Crippen LogP contribution in [0.1, 0.15) is 45.1 Å². The first-order valence-electron chi connectivity index (χ1n) is 7.77. The molecule has 0 bridgehead atoms. The van der Waals surface area contributed by atoms with Crippen molar-refractivity contribution in [3.05, 3.63) is 23.8 Å². The summed E-state index contributed by atoms with van der Waals surface area (Å²) in [7, 11) is 0. The number of fused-ring (bicyclic) bond motifs is 1. The van der Waals surface area contributed by atoms with Gasteiger partial charge in [0.15, 0.2) is 5.13 Å². The van der Waals surface area contributed by atoms with Crippen LogP contribution in [-0.4, -0.2) is 11.0 Å². The molecule has 1 aromatic carbocycles. The molecule has 1 saturated carbocycles. The molecular formula is C17H24N2S. The molecule has 0 saturated heterocycles. The molecule has 3 rings (SSSR count). The highest BCUT2D eigenvalue weighted by atomic mass is 32.1. The zero-order chi connectivity index (χ0) is 14.1. The van der Waals surface area contributed by atoms with Gasteiger partial charge in [-0.15, -0.1) is 0 Å². The van der Waals surface area contributed by atoms with Crippen molar-refractivity contribution in [3.63, 3.8) is 0 Å². The molecule has 1 aliphatic carbocycles. The summed E-state index contributed by atoms with van der Waals surface area (Å²) in [5, 5.41) is 4.83. The minimum Gasteiger partial charge on any atom is -0.358 e. The zero-order valence-corrected chi connectivity index (χ0v) is 13.5. The van der Waals surface area contributed by atoms with E-state index in [4.69, 9.17) is 4.98 Å². The van der Waals surface area contributed by atoms with E-state index in [1.165, 1.54) is 35.9 Å². The van der Waals surface area contributed by atoms with Crippen molar-refractivity contribution in [2.45, 2.75) is 52.5 Å². The predicted octanol–water partition coefficient (Wildman–Crippen LogP) is 5.23. The van der Waals surface area contributed by atoms with Crippen LogP contribution in [0.2, 0.25) is 0 Å². The van der Waals surface area contributed by atoms with Gasteiger partial charge in [0.2, 0.25) is 0 Å². The summed E-state index contributed by atoms with van der Waals surface area (Å²) in [6.07, 6.45) is 5.39. The summed E-state index contributed by atoms with van der Waals surface area (Å²) in [6, 6.07) is 7.14. The van der Waals surface area contributed by atoms with Crippen LogP contribution in [0.5, 0.6) is 0 Å². The highest BCUT2D eigenvalue weighted by molar-refractivity contribution is 7.22. The summed E-state index contributed by atoms with van der Waals surface area (Å²) in [5.41, 5.74) is 2.42. The normalized spacial score (nSPS) is 23.4. The number of benzene rings is 1. The fourth-order valence-electron chi connectivity index (χ4n) is 3.39. The van der Waals surface area contributed by atoms with Gasteiger partial charge in [-0.2, -0.15) is 0 Å². The number of nitrogens with one attached hydrogen (secondary N) is 1. The second kappa shape index (κ2) is 5.72. The first-order valence-corrected chi connectivity index (χ1v) is 8.59. The maximum atomic E-state index is 4.77. The number of rotatable bonds is 3. The molecule has 1 N–H and O–H groups in total. The third-order valence-electron chi connectivity index (χ3n) is 4.53. The zero-order valence-electron chi connectivity index (χ0n) is 12.6. The van der Waals surface area contributed by atoms with Gasteiger partial charge in [0.1, 0.15) is 0 Å². The van der Waals surface area contributed by atoms with Crippen LogP contribution in [0, 0.1) is 18.8 Å².